The molecule has 1 fully saturated rings. The van der Waals surface area contributed by atoms with E-state index in [0.29, 0.717) is 32.5 Å². The largest absolute Gasteiger partial charge is 0.354 e. The number of urea groups is 1. The van der Waals surface area contributed by atoms with Crippen LogP contribution in [0.2, 0.25) is 0 Å². The highest BCUT2D eigenvalue weighted by Gasteiger charge is 2.31. The highest BCUT2D eigenvalue weighted by atomic mass is 32.1. The SMILES string of the molecule is CC(C)(CNC(=O)C(N)C1CCN(C(=O)Nc2ccncc2)CC1)c1cccs1. The highest BCUT2D eigenvalue weighted by molar-refractivity contribution is 7.10. The van der Waals surface area contributed by atoms with E-state index in [-0.39, 0.29) is 23.3 Å². The lowest BCUT2D eigenvalue weighted by molar-refractivity contribution is -0.124. The number of thiophene rings is 1. The Morgan fingerprint density at radius 1 is 1.28 bits per heavy atom. The van der Waals surface area contributed by atoms with Crippen LogP contribution in [0.25, 0.3) is 0 Å². The molecule has 1 atom stereocenters. The number of carbonyl (C=O) groups is 2. The molecule has 0 spiro atoms. The first-order valence-corrected chi connectivity index (χ1v) is 10.8. The summed E-state index contributed by atoms with van der Waals surface area (Å²) < 4.78 is 0. The number of pyridine rings is 1. The normalized spacial score (nSPS) is 16.3. The summed E-state index contributed by atoms with van der Waals surface area (Å²) in [4.78, 5) is 31.9. The standard InChI is InChI=1S/C21H29N5O2S/c1-21(2,17-4-3-13-29-17)14-24-19(27)18(22)15-7-11-26(12-8-15)20(28)25-16-5-9-23-10-6-16/h3-6,9-10,13,15,18H,7-8,11-12,14,22H2,1-2H3,(H,24,27)(H,23,25,28). The fraction of sp³-hybridized carbons (Fsp3) is 0.476. The number of nitrogens with two attached hydrogens (primary N) is 1. The maximum Gasteiger partial charge on any atom is 0.321 e. The third kappa shape index (κ3) is 5.55. The molecule has 1 aliphatic rings. The fourth-order valence-electron chi connectivity index (χ4n) is 3.49. The van der Waals surface area contributed by atoms with E-state index in [1.807, 2.05) is 11.4 Å². The Balaban J connectivity index is 1.45. The summed E-state index contributed by atoms with van der Waals surface area (Å²) in [7, 11) is 0. The third-order valence-electron chi connectivity index (χ3n) is 5.46. The van der Waals surface area contributed by atoms with Gasteiger partial charge in [0, 0.05) is 48.0 Å². The number of carbonyl (C=O) groups excluding carboxylic acids is 2. The molecule has 2 aromatic heterocycles. The first-order valence-electron chi connectivity index (χ1n) is 9.90. The van der Waals surface area contributed by atoms with Crippen molar-refractivity contribution in [3.63, 3.8) is 0 Å². The van der Waals surface area contributed by atoms with Crippen LogP contribution in [0.15, 0.2) is 42.0 Å². The molecule has 0 aromatic carbocycles. The van der Waals surface area contributed by atoms with Gasteiger partial charge < -0.3 is 21.3 Å². The number of likely N-dealkylation sites (tertiary alicyclic amines) is 1. The second-order valence-electron chi connectivity index (χ2n) is 8.10. The highest BCUT2D eigenvalue weighted by Crippen LogP contribution is 2.27. The molecule has 1 unspecified atom stereocenters. The van der Waals surface area contributed by atoms with E-state index < -0.39 is 6.04 Å². The Kier molecular flexibility index (Phi) is 6.87. The monoisotopic (exact) mass is 415 g/mol. The molecule has 8 heteroatoms. The molecule has 3 rings (SSSR count). The van der Waals surface area contributed by atoms with Crippen molar-refractivity contribution in [3.05, 3.63) is 46.9 Å². The van der Waals surface area contributed by atoms with Crippen molar-refractivity contribution in [2.45, 2.75) is 38.1 Å². The van der Waals surface area contributed by atoms with Crippen LogP contribution in [0, 0.1) is 5.92 Å². The molecule has 0 aliphatic carbocycles. The molecule has 3 heterocycles. The molecule has 7 nitrogen and oxygen atoms in total. The minimum absolute atomic E-state index is 0.0739. The van der Waals surface area contributed by atoms with Crippen LogP contribution < -0.4 is 16.4 Å². The molecule has 3 amide bonds. The van der Waals surface area contributed by atoms with Crippen LogP contribution in [0.5, 0.6) is 0 Å². The number of hydrogen-bond acceptors (Lipinski definition) is 5. The van der Waals surface area contributed by atoms with Crippen LogP contribution in [0.1, 0.15) is 31.6 Å². The van der Waals surface area contributed by atoms with Crippen molar-refractivity contribution in [2.24, 2.45) is 11.7 Å². The minimum Gasteiger partial charge on any atom is -0.354 e. The minimum atomic E-state index is -0.556. The zero-order valence-corrected chi connectivity index (χ0v) is 17.7. The Bertz CT molecular complexity index is 802. The van der Waals surface area contributed by atoms with Gasteiger partial charge in [0.05, 0.1) is 6.04 Å². The Morgan fingerprint density at radius 2 is 1.97 bits per heavy atom. The van der Waals surface area contributed by atoms with Gasteiger partial charge in [-0.25, -0.2) is 4.79 Å². The van der Waals surface area contributed by atoms with Crippen LogP contribution in [-0.4, -0.2) is 47.5 Å². The molecule has 156 valence electrons. The molecule has 2 aromatic rings. The van der Waals surface area contributed by atoms with E-state index in [4.69, 9.17) is 5.73 Å². The van der Waals surface area contributed by atoms with E-state index in [9.17, 15) is 9.59 Å². The summed E-state index contributed by atoms with van der Waals surface area (Å²) in [6.07, 6.45) is 4.71. The van der Waals surface area contributed by atoms with Crippen molar-refractivity contribution >= 4 is 29.0 Å². The van der Waals surface area contributed by atoms with Crippen LogP contribution in [0.4, 0.5) is 10.5 Å². The number of amides is 3. The molecular weight excluding hydrogens is 386 g/mol. The lowest BCUT2D eigenvalue weighted by atomic mass is 9.88. The zero-order valence-electron chi connectivity index (χ0n) is 16.9. The molecule has 0 saturated carbocycles. The summed E-state index contributed by atoms with van der Waals surface area (Å²) in [6, 6.07) is 6.92. The van der Waals surface area contributed by atoms with Crippen LogP contribution in [-0.2, 0) is 10.2 Å². The van der Waals surface area contributed by atoms with Gasteiger partial charge in [-0.3, -0.25) is 9.78 Å². The topological polar surface area (TPSA) is 100 Å². The summed E-state index contributed by atoms with van der Waals surface area (Å²) in [6.45, 7) is 5.95. The molecule has 0 bridgehead atoms. The molecule has 1 aliphatic heterocycles. The maximum atomic E-state index is 12.6. The number of aromatic nitrogens is 1. The second kappa shape index (κ2) is 9.37. The van der Waals surface area contributed by atoms with Crippen LogP contribution >= 0.6 is 11.3 Å². The van der Waals surface area contributed by atoms with Gasteiger partial charge in [-0.1, -0.05) is 19.9 Å². The quantitative estimate of drug-likeness (QED) is 0.675. The Hall–Kier alpha value is -2.45. The van der Waals surface area contributed by atoms with Gasteiger partial charge in [-0.2, -0.15) is 0 Å². The second-order valence-corrected chi connectivity index (χ2v) is 9.04. The van der Waals surface area contributed by atoms with Crippen molar-refractivity contribution in [2.75, 3.05) is 25.0 Å². The van der Waals surface area contributed by atoms with Crippen LogP contribution in [0.3, 0.4) is 0 Å². The van der Waals surface area contributed by atoms with E-state index >= 15 is 0 Å². The number of piperidine rings is 1. The van der Waals surface area contributed by atoms with E-state index in [0.717, 1.165) is 5.69 Å². The zero-order chi connectivity index (χ0) is 20.9. The average Bonchev–Trinajstić information content (AvgIpc) is 3.28. The molecular formula is C21H29N5O2S. The van der Waals surface area contributed by atoms with Gasteiger partial charge in [-0.15, -0.1) is 11.3 Å². The predicted octanol–water partition coefficient (Wildman–Crippen LogP) is 2.81. The van der Waals surface area contributed by atoms with Gasteiger partial charge >= 0.3 is 6.03 Å². The molecule has 29 heavy (non-hydrogen) atoms. The van der Waals surface area contributed by atoms with E-state index in [1.165, 1.54) is 4.88 Å². The van der Waals surface area contributed by atoms with E-state index in [1.54, 1.807) is 40.8 Å². The number of nitrogens with zero attached hydrogens (tertiary/aromatic N) is 2. The summed E-state index contributed by atoms with van der Waals surface area (Å²) in [5.41, 5.74) is 6.84. The van der Waals surface area contributed by atoms with Crippen molar-refractivity contribution in [1.29, 1.82) is 0 Å². The Morgan fingerprint density at radius 3 is 2.59 bits per heavy atom. The molecule has 1 saturated heterocycles. The van der Waals surface area contributed by atoms with Gasteiger partial charge in [-0.05, 0) is 42.3 Å². The van der Waals surface area contributed by atoms with Crippen molar-refractivity contribution < 1.29 is 9.59 Å². The number of hydrogen-bond donors (Lipinski definition) is 3. The maximum absolute atomic E-state index is 12.6. The first-order chi connectivity index (χ1) is 13.9. The number of rotatable bonds is 6. The summed E-state index contributed by atoms with van der Waals surface area (Å²) >= 11 is 1.69. The summed E-state index contributed by atoms with van der Waals surface area (Å²) in [5, 5.41) is 7.93. The number of anilines is 1. The Labute approximate surface area is 175 Å². The van der Waals surface area contributed by atoms with Crippen molar-refractivity contribution in [3.8, 4) is 0 Å². The smallest absolute Gasteiger partial charge is 0.321 e. The van der Waals surface area contributed by atoms with E-state index in [2.05, 4.69) is 35.5 Å². The average molecular weight is 416 g/mol. The van der Waals surface area contributed by atoms with Gasteiger partial charge in [0.25, 0.3) is 0 Å². The lowest BCUT2D eigenvalue weighted by Gasteiger charge is -2.34. The summed E-state index contributed by atoms with van der Waals surface area (Å²) in [5.74, 6) is -0.0425. The molecule has 0 radical (unpaired) electrons. The van der Waals surface area contributed by atoms with Crippen molar-refractivity contribution in [1.82, 2.24) is 15.2 Å². The fourth-order valence-corrected chi connectivity index (χ4v) is 4.34. The first kappa shape index (κ1) is 21.3. The molecule has 4 N–H and O–H groups in total. The van der Waals surface area contributed by atoms with Gasteiger partial charge in [0.2, 0.25) is 5.91 Å². The lowest BCUT2D eigenvalue weighted by Crippen LogP contribution is -2.52. The third-order valence-corrected chi connectivity index (χ3v) is 6.70. The van der Waals surface area contributed by atoms with Gasteiger partial charge in [0.1, 0.15) is 0 Å². The predicted molar refractivity (Wildman–Crippen MR) is 116 cm³/mol. The number of nitrogens with one attached hydrogen (secondary N) is 2. The van der Waals surface area contributed by atoms with Gasteiger partial charge in [0.15, 0.2) is 0 Å².